The van der Waals surface area contributed by atoms with Gasteiger partial charge in [0.2, 0.25) is 0 Å². The van der Waals surface area contributed by atoms with Crippen molar-refractivity contribution in [3.8, 4) is 5.69 Å². The van der Waals surface area contributed by atoms with Crippen molar-refractivity contribution in [1.82, 2.24) is 9.99 Å². The fourth-order valence-corrected chi connectivity index (χ4v) is 4.05. The molecule has 150 valence electrons. The highest BCUT2D eigenvalue weighted by Gasteiger charge is 2.13. The number of hydrogen-bond donors (Lipinski definition) is 1. The molecule has 1 atom stereocenters. The van der Waals surface area contributed by atoms with Crippen LogP contribution < -0.4 is 5.43 Å². The molecule has 5 heteroatoms. The molecule has 0 fully saturated rings. The molecule has 1 amide bonds. The van der Waals surface area contributed by atoms with E-state index in [1.54, 1.807) is 18.0 Å². The maximum Gasteiger partial charge on any atom is 0.252 e. The fraction of sp³-hybridized carbons (Fsp3) is 0.250. The van der Waals surface area contributed by atoms with Crippen molar-refractivity contribution in [2.75, 3.05) is 0 Å². The van der Waals surface area contributed by atoms with Gasteiger partial charge in [0.1, 0.15) is 0 Å². The summed E-state index contributed by atoms with van der Waals surface area (Å²) in [6, 6.07) is 20.7. The second-order valence-electron chi connectivity index (χ2n) is 7.17. The van der Waals surface area contributed by atoms with E-state index in [1.165, 1.54) is 11.1 Å². The summed E-state index contributed by atoms with van der Waals surface area (Å²) in [4.78, 5) is 12.3. The maximum atomic E-state index is 12.3. The van der Waals surface area contributed by atoms with Gasteiger partial charge in [0.05, 0.1) is 11.5 Å². The first-order chi connectivity index (χ1) is 14.0. The topological polar surface area (TPSA) is 46.4 Å². The van der Waals surface area contributed by atoms with Crippen LogP contribution in [0.15, 0.2) is 65.8 Å². The molecule has 2 aromatic carbocycles. The van der Waals surface area contributed by atoms with Crippen LogP contribution in [0.1, 0.15) is 35.0 Å². The van der Waals surface area contributed by atoms with Crippen LogP contribution in [0.5, 0.6) is 0 Å². The Balaban J connectivity index is 1.61. The van der Waals surface area contributed by atoms with E-state index in [9.17, 15) is 4.79 Å². The minimum absolute atomic E-state index is 0.0883. The van der Waals surface area contributed by atoms with E-state index in [0.717, 1.165) is 28.4 Å². The third kappa shape index (κ3) is 5.39. The Morgan fingerprint density at radius 2 is 1.86 bits per heavy atom. The van der Waals surface area contributed by atoms with Gasteiger partial charge in [-0.1, -0.05) is 42.5 Å². The van der Waals surface area contributed by atoms with Gasteiger partial charge in [-0.3, -0.25) is 4.79 Å². The lowest BCUT2D eigenvalue weighted by Crippen LogP contribution is -2.27. The van der Waals surface area contributed by atoms with Gasteiger partial charge in [-0.25, -0.2) is 5.43 Å². The van der Waals surface area contributed by atoms with Gasteiger partial charge < -0.3 is 4.57 Å². The molecule has 0 unspecified atom stereocenters. The number of amides is 1. The van der Waals surface area contributed by atoms with Crippen molar-refractivity contribution >= 4 is 23.9 Å². The molecule has 0 aliphatic rings. The van der Waals surface area contributed by atoms with E-state index in [2.05, 4.69) is 78.3 Å². The molecular weight excluding hydrogens is 378 g/mol. The molecule has 0 aliphatic carbocycles. The lowest BCUT2D eigenvalue weighted by Gasteiger charge is -2.10. The lowest BCUT2D eigenvalue weighted by atomic mass is 10.2. The van der Waals surface area contributed by atoms with Crippen LogP contribution in [-0.2, 0) is 10.5 Å². The van der Waals surface area contributed by atoms with Crippen LogP contribution in [0, 0.1) is 20.8 Å². The minimum atomic E-state index is -0.174. The van der Waals surface area contributed by atoms with Crippen LogP contribution in [0.3, 0.4) is 0 Å². The average molecular weight is 406 g/mol. The van der Waals surface area contributed by atoms with Gasteiger partial charge in [-0.05, 0) is 57.0 Å². The first-order valence-electron chi connectivity index (χ1n) is 9.70. The number of aryl methyl sites for hydroxylation is 2. The highest BCUT2D eigenvalue weighted by Crippen LogP contribution is 2.21. The highest BCUT2D eigenvalue weighted by molar-refractivity contribution is 7.99. The monoisotopic (exact) mass is 405 g/mol. The summed E-state index contributed by atoms with van der Waals surface area (Å²) in [5.41, 5.74) is 9.46. The Bertz CT molecular complexity index is 1010. The summed E-state index contributed by atoms with van der Waals surface area (Å²) in [5.74, 6) is 0.714. The largest absolute Gasteiger partial charge is 0.318 e. The van der Waals surface area contributed by atoms with Crippen molar-refractivity contribution in [2.24, 2.45) is 5.10 Å². The Labute approximate surface area is 177 Å². The van der Waals surface area contributed by atoms with Crippen LogP contribution >= 0.6 is 11.8 Å². The summed E-state index contributed by atoms with van der Waals surface area (Å²) >= 11 is 1.60. The van der Waals surface area contributed by atoms with Gasteiger partial charge in [0.25, 0.3) is 5.91 Å². The number of hydrogen-bond acceptors (Lipinski definition) is 3. The SMILES string of the molecule is Cc1cccc(-n2c(C)cc(/C=N\NC(=O)[C@H](C)SCc3ccccc3)c2C)c1. The van der Waals surface area contributed by atoms with Gasteiger partial charge in [0.15, 0.2) is 0 Å². The van der Waals surface area contributed by atoms with E-state index >= 15 is 0 Å². The summed E-state index contributed by atoms with van der Waals surface area (Å²) in [6.45, 7) is 8.14. The number of carbonyl (C=O) groups is 1. The Morgan fingerprint density at radius 1 is 1.10 bits per heavy atom. The first kappa shape index (κ1) is 20.9. The Hall–Kier alpha value is -2.79. The smallest absolute Gasteiger partial charge is 0.252 e. The van der Waals surface area contributed by atoms with Crippen LogP contribution in [0.2, 0.25) is 0 Å². The van der Waals surface area contributed by atoms with E-state index in [1.807, 2.05) is 25.1 Å². The zero-order valence-corrected chi connectivity index (χ0v) is 18.2. The zero-order chi connectivity index (χ0) is 20.8. The first-order valence-corrected chi connectivity index (χ1v) is 10.7. The fourth-order valence-electron chi connectivity index (χ4n) is 3.21. The summed E-state index contributed by atoms with van der Waals surface area (Å²) in [5, 5.41) is 4.02. The van der Waals surface area contributed by atoms with Crippen molar-refractivity contribution in [2.45, 2.75) is 38.7 Å². The molecule has 3 aromatic rings. The van der Waals surface area contributed by atoms with Crippen molar-refractivity contribution < 1.29 is 4.79 Å². The Morgan fingerprint density at radius 3 is 2.59 bits per heavy atom. The normalized spacial score (nSPS) is 12.3. The zero-order valence-electron chi connectivity index (χ0n) is 17.3. The molecule has 0 radical (unpaired) electrons. The van der Waals surface area contributed by atoms with E-state index in [4.69, 9.17) is 0 Å². The molecule has 0 aliphatic heterocycles. The number of nitrogens with one attached hydrogen (secondary N) is 1. The third-order valence-electron chi connectivity index (χ3n) is 4.82. The van der Waals surface area contributed by atoms with Crippen molar-refractivity contribution in [3.63, 3.8) is 0 Å². The molecule has 1 N–H and O–H groups in total. The molecule has 1 heterocycles. The molecule has 0 spiro atoms. The minimum Gasteiger partial charge on any atom is -0.318 e. The van der Waals surface area contributed by atoms with E-state index < -0.39 is 0 Å². The highest BCUT2D eigenvalue weighted by atomic mass is 32.2. The number of hydrazone groups is 1. The van der Waals surface area contributed by atoms with Crippen molar-refractivity contribution in [3.05, 3.63) is 88.7 Å². The second-order valence-corrected chi connectivity index (χ2v) is 8.50. The van der Waals surface area contributed by atoms with Gasteiger partial charge >= 0.3 is 0 Å². The molecule has 3 rings (SSSR count). The van der Waals surface area contributed by atoms with Gasteiger partial charge in [-0.15, -0.1) is 11.8 Å². The second kappa shape index (κ2) is 9.61. The molecule has 0 bridgehead atoms. The molecule has 4 nitrogen and oxygen atoms in total. The maximum absolute atomic E-state index is 12.3. The molecule has 1 aromatic heterocycles. The number of carbonyl (C=O) groups excluding carboxylic acids is 1. The van der Waals surface area contributed by atoms with Crippen LogP contribution in [0.25, 0.3) is 5.69 Å². The average Bonchev–Trinajstić information content (AvgIpc) is 3.00. The van der Waals surface area contributed by atoms with Crippen LogP contribution in [-0.4, -0.2) is 21.9 Å². The number of thioether (sulfide) groups is 1. The predicted octanol–water partition coefficient (Wildman–Crippen LogP) is 5.17. The Kier molecular flexibility index (Phi) is 6.94. The number of aromatic nitrogens is 1. The molecule has 0 saturated carbocycles. The molecule has 29 heavy (non-hydrogen) atoms. The van der Waals surface area contributed by atoms with Gasteiger partial charge in [0, 0.05) is 28.4 Å². The number of nitrogens with zero attached hydrogens (tertiary/aromatic N) is 2. The number of benzene rings is 2. The summed E-state index contributed by atoms with van der Waals surface area (Å²) in [7, 11) is 0. The lowest BCUT2D eigenvalue weighted by molar-refractivity contribution is -0.120. The quantitative estimate of drug-likeness (QED) is 0.435. The molecular formula is C24H27N3OS. The predicted molar refractivity (Wildman–Crippen MR) is 123 cm³/mol. The van der Waals surface area contributed by atoms with Gasteiger partial charge in [-0.2, -0.15) is 5.10 Å². The number of rotatable bonds is 7. The van der Waals surface area contributed by atoms with E-state index in [0.29, 0.717) is 0 Å². The third-order valence-corrected chi connectivity index (χ3v) is 6.03. The van der Waals surface area contributed by atoms with Crippen LogP contribution in [0.4, 0.5) is 0 Å². The summed E-state index contributed by atoms with van der Waals surface area (Å²) < 4.78 is 2.20. The summed E-state index contributed by atoms with van der Waals surface area (Å²) in [6.07, 6.45) is 1.72. The van der Waals surface area contributed by atoms with E-state index in [-0.39, 0.29) is 11.2 Å². The molecule has 0 saturated heterocycles. The standard InChI is InChI=1S/C24H27N3OS/c1-17-9-8-12-23(13-17)27-18(2)14-22(19(27)3)15-25-26-24(28)20(4)29-16-21-10-6-5-7-11-21/h5-15,20H,16H2,1-4H3,(H,26,28)/b25-15-/t20-/m0/s1. The van der Waals surface area contributed by atoms with Crippen molar-refractivity contribution in [1.29, 1.82) is 0 Å².